The van der Waals surface area contributed by atoms with Crippen LogP contribution in [0.1, 0.15) is 21.5 Å². The monoisotopic (exact) mass is 465 g/mol. The number of hydrogen-bond acceptors (Lipinski definition) is 6. The highest BCUT2D eigenvalue weighted by Gasteiger charge is 2.11. The first-order chi connectivity index (χ1) is 15.0. The van der Waals surface area contributed by atoms with Crippen LogP contribution in [-0.4, -0.2) is 20.8 Å². The summed E-state index contributed by atoms with van der Waals surface area (Å²) in [5.74, 6) is 0.569. The fourth-order valence-electron chi connectivity index (χ4n) is 2.90. The number of nitrogens with one attached hydrogen (secondary N) is 1. The molecular formula is C23H19N3O2S3. The quantitative estimate of drug-likeness (QED) is 0.201. The molecule has 1 amide bonds. The fourth-order valence-corrected chi connectivity index (χ4v) is 5.21. The summed E-state index contributed by atoms with van der Waals surface area (Å²) < 4.78 is 3.25. The molecule has 31 heavy (non-hydrogen) atoms. The van der Waals surface area contributed by atoms with E-state index in [0.29, 0.717) is 15.2 Å². The van der Waals surface area contributed by atoms with Gasteiger partial charge in [-0.1, -0.05) is 59.5 Å². The van der Waals surface area contributed by atoms with Gasteiger partial charge in [0.2, 0.25) is 0 Å². The van der Waals surface area contributed by atoms with Gasteiger partial charge in [0.1, 0.15) is 5.75 Å². The second kappa shape index (κ2) is 9.47. The van der Waals surface area contributed by atoms with E-state index in [1.54, 1.807) is 40.7 Å². The second-order valence-corrected chi connectivity index (χ2v) is 9.69. The van der Waals surface area contributed by atoms with Crippen molar-refractivity contribution in [3.8, 4) is 11.4 Å². The first-order valence-corrected chi connectivity index (χ1v) is 11.7. The van der Waals surface area contributed by atoms with Crippen molar-refractivity contribution in [3.63, 3.8) is 0 Å². The predicted octanol–water partition coefficient (Wildman–Crippen LogP) is 6.22. The molecule has 0 aliphatic rings. The molecule has 4 aromatic rings. The van der Waals surface area contributed by atoms with Crippen LogP contribution in [0.4, 0.5) is 5.69 Å². The zero-order chi connectivity index (χ0) is 21.8. The first-order valence-electron chi connectivity index (χ1n) is 9.48. The van der Waals surface area contributed by atoms with E-state index in [1.165, 1.54) is 16.9 Å². The van der Waals surface area contributed by atoms with E-state index >= 15 is 0 Å². The van der Waals surface area contributed by atoms with Crippen LogP contribution >= 0.6 is 35.3 Å². The summed E-state index contributed by atoms with van der Waals surface area (Å²) in [6.45, 7) is 1.87. The number of phenols is 1. The molecule has 1 heterocycles. The Morgan fingerprint density at radius 2 is 1.87 bits per heavy atom. The molecule has 1 aromatic heterocycles. The normalized spacial score (nSPS) is 10.7. The van der Waals surface area contributed by atoms with Gasteiger partial charge in [0.05, 0.1) is 11.4 Å². The summed E-state index contributed by atoms with van der Waals surface area (Å²) in [7, 11) is 0. The molecule has 2 N–H and O–H groups in total. The molecule has 3 aromatic carbocycles. The minimum Gasteiger partial charge on any atom is -0.506 e. The highest BCUT2D eigenvalue weighted by Crippen LogP contribution is 2.28. The van der Waals surface area contributed by atoms with Crippen LogP contribution in [0.25, 0.3) is 5.69 Å². The zero-order valence-electron chi connectivity index (χ0n) is 16.6. The van der Waals surface area contributed by atoms with Gasteiger partial charge >= 0.3 is 0 Å². The lowest BCUT2D eigenvalue weighted by Gasteiger charge is -2.08. The molecule has 0 unspecified atom stereocenters. The maximum absolute atomic E-state index is 12.5. The average Bonchev–Trinajstić information content (AvgIpc) is 3.15. The van der Waals surface area contributed by atoms with E-state index in [-0.39, 0.29) is 11.7 Å². The first kappa shape index (κ1) is 21.3. The minimum atomic E-state index is -0.299. The Hall–Kier alpha value is -2.94. The number of thioether (sulfide) groups is 1. The number of aromatic hydroxyl groups is 1. The Morgan fingerprint density at radius 3 is 2.58 bits per heavy atom. The van der Waals surface area contributed by atoms with Crippen LogP contribution in [0.3, 0.4) is 0 Å². The van der Waals surface area contributed by atoms with E-state index in [1.807, 2.05) is 43.3 Å². The number of carbonyl (C=O) groups is 1. The van der Waals surface area contributed by atoms with E-state index < -0.39 is 0 Å². The molecular weight excluding hydrogens is 446 g/mol. The number of benzene rings is 3. The minimum absolute atomic E-state index is 0.0410. The lowest BCUT2D eigenvalue weighted by Crippen LogP contribution is -2.12. The van der Waals surface area contributed by atoms with Crippen molar-refractivity contribution in [2.45, 2.75) is 17.0 Å². The van der Waals surface area contributed by atoms with Crippen LogP contribution in [0, 0.1) is 10.9 Å². The maximum atomic E-state index is 12.5. The predicted molar refractivity (Wildman–Crippen MR) is 129 cm³/mol. The fraction of sp³-hybridized carbons (Fsp3) is 0.0870. The molecule has 0 atom stereocenters. The highest BCUT2D eigenvalue weighted by atomic mass is 32.2. The second-order valence-electron chi connectivity index (χ2n) is 6.84. The van der Waals surface area contributed by atoms with Gasteiger partial charge in [-0.05, 0) is 66.7 Å². The number of anilines is 1. The van der Waals surface area contributed by atoms with Crippen LogP contribution in [0.15, 0.2) is 77.1 Å². The van der Waals surface area contributed by atoms with Gasteiger partial charge < -0.3 is 10.4 Å². The van der Waals surface area contributed by atoms with Crippen molar-refractivity contribution in [1.29, 1.82) is 0 Å². The molecule has 0 spiro atoms. The van der Waals surface area contributed by atoms with Crippen molar-refractivity contribution in [1.82, 2.24) is 9.78 Å². The van der Waals surface area contributed by atoms with Gasteiger partial charge in [-0.25, -0.2) is 4.68 Å². The van der Waals surface area contributed by atoms with Gasteiger partial charge in [0, 0.05) is 11.3 Å². The Balaban J connectivity index is 1.46. The molecule has 5 nitrogen and oxygen atoms in total. The third kappa shape index (κ3) is 5.22. The molecule has 0 saturated carbocycles. The summed E-state index contributed by atoms with van der Waals surface area (Å²) in [4.78, 5) is 12.5. The molecule has 0 aliphatic heterocycles. The summed E-state index contributed by atoms with van der Waals surface area (Å²) in [6, 6.07) is 22.4. The van der Waals surface area contributed by atoms with Gasteiger partial charge in [0.25, 0.3) is 5.91 Å². The molecule has 0 saturated heterocycles. The van der Waals surface area contributed by atoms with Gasteiger partial charge in [-0.3, -0.25) is 4.79 Å². The van der Waals surface area contributed by atoms with E-state index in [9.17, 15) is 9.90 Å². The smallest absolute Gasteiger partial charge is 0.255 e. The molecule has 0 bridgehead atoms. The maximum Gasteiger partial charge on any atom is 0.255 e. The molecule has 0 radical (unpaired) electrons. The lowest BCUT2D eigenvalue weighted by molar-refractivity contribution is 0.102. The third-order valence-corrected chi connectivity index (χ3v) is 6.95. The number of aromatic nitrogens is 2. The Morgan fingerprint density at radius 1 is 1.13 bits per heavy atom. The van der Waals surface area contributed by atoms with Crippen LogP contribution in [-0.2, 0) is 5.75 Å². The summed E-state index contributed by atoms with van der Waals surface area (Å²) in [6.07, 6.45) is 0. The number of amides is 1. The highest BCUT2D eigenvalue weighted by molar-refractivity contribution is 8.00. The summed E-state index contributed by atoms with van der Waals surface area (Å²) >= 11 is 8.59. The molecule has 156 valence electrons. The van der Waals surface area contributed by atoms with Crippen LogP contribution in [0.5, 0.6) is 5.75 Å². The molecule has 0 fully saturated rings. The van der Waals surface area contributed by atoms with Crippen molar-refractivity contribution in [2.24, 2.45) is 0 Å². The van der Waals surface area contributed by atoms with E-state index in [2.05, 4.69) is 22.5 Å². The Labute approximate surface area is 193 Å². The van der Waals surface area contributed by atoms with Crippen molar-refractivity contribution < 1.29 is 9.90 Å². The van der Waals surface area contributed by atoms with Crippen molar-refractivity contribution in [2.75, 3.05) is 5.32 Å². The SMILES string of the molecule is Cc1ccc(NC(=O)c2ccc(-n3nc(SCc4ccccc4)sc3=S)cc2)c(O)c1. The van der Waals surface area contributed by atoms with Crippen LogP contribution < -0.4 is 5.32 Å². The number of nitrogens with zero attached hydrogens (tertiary/aromatic N) is 2. The van der Waals surface area contributed by atoms with Gasteiger partial charge in [-0.15, -0.1) is 5.10 Å². The Kier molecular flexibility index (Phi) is 6.50. The van der Waals surface area contributed by atoms with E-state index in [0.717, 1.165) is 21.3 Å². The average molecular weight is 466 g/mol. The standard InChI is InChI=1S/C23H19N3O2S3/c1-15-7-12-19(20(27)13-15)24-21(28)17-8-10-18(11-9-17)26-23(29)31-22(25-26)30-14-16-5-3-2-4-6-16/h2-13,27H,14H2,1H3,(H,24,28). The number of phenolic OH excluding ortho intramolecular Hbond substituents is 1. The zero-order valence-corrected chi connectivity index (χ0v) is 19.1. The number of rotatable bonds is 6. The lowest BCUT2D eigenvalue weighted by atomic mass is 10.1. The third-order valence-electron chi connectivity index (χ3n) is 4.51. The summed E-state index contributed by atoms with van der Waals surface area (Å²) in [5, 5.41) is 17.3. The van der Waals surface area contributed by atoms with Gasteiger partial charge in [-0.2, -0.15) is 0 Å². The van der Waals surface area contributed by atoms with E-state index in [4.69, 9.17) is 12.2 Å². The summed E-state index contributed by atoms with van der Waals surface area (Å²) in [5.41, 5.74) is 3.80. The molecule has 8 heteroatoms. The van der Waals surface area contributed by atoms with Crippen molar-refractivity contribution >= 4 is 46.9 Å². The van der Waals surface area contributed by atoms with Crippen LogP contribution in [0.2, 0.25) is 0 Å². The largest absolute Gasteiger partial charge is 0.506 e. The number of hydrogen-bond donors (Lipinski definition) is 2. The molecule has 4 rings (SSSR count). The Bertz CT molecular complexity index is 1270. The topological polar surface area (TPSA) is 67.2 Å². The van der Waals surface area contributed by atoms with Gasteiger partial charge in [0.15, 0.2) is 8.29 Å². The molecule has 0 aliphatic carbocycles. The van der Waals surface area contributed by atoms with Crippen molar-refractivity contribution in [3.05, 3.63) is 93.4 Å². The number of aryl methyl sites for hydroxylation is 1. The number of carbonyl (C=O) groups excluding carboxylic acids is 1.